The molecule has 0 unspecified atom stereocenters. The van der Waals surface area contributed by atoms with E-state index in [1.54, 1.807) is 17.3 Å². The van der Waals surface area contributed by atoms with Crippen LogP contribution >= 0.6 is 11.3 Å². The fourth-order valence-electron chi connectivity index (χ4n) is 3.93. The quantitative estimate of drug-likeness (QED) is 0.926. The van der Waals surface area contributed by atoms with Crippen molar-refractivity contribution in [3.63, 3.8) is 0 Å². The van der Waals surface area contributed by atoms with E-state index in [4.69, 9.17) is 0 Å². The van der Waals surface area contributed by atoms with Crippen LogP contribution in [0.3, 0.4) is 0 Å². The molecule has 1 aliphatic heterocycles. The molecule has 2 fully saturated rings. The van der Waals surface area contributed by atoms with E-state index in [1.807, 2.05) is 18.2 Å². The van der Waals surface area contributed by atoms with Gasteiger partial charge >= 0.3 is 5.97 Å². The van der Waals surface area contributed by atoms with Gasteiger partial charge in [0.2, 0.25) is 0 Å². The molecule has 2 atom stereocenters. The third-order valence-electron chi connectivity index (χ3n) is 5.18. The summed E-state index contributed by atoms with van der Waals surface area (Å²) in [5.41, 5.74) is -0.00805. The Balaban J connectivity index is 1.55. The number of hydrogen-bond donors (Lipinski definition) is 1. The Morgan fingerprint density at radius 3 is 2.92 bits per heavy atom. The van der Waals surface area contributed by atoms with Crippen LogP contribution in [0.25, 0.3) is 10.7 Å². The summed E-state index contributed by atoms with van der Waals surface area (Å²) < 4.78 is 0. The van der Waals surface area contributed by atoms with Crippen molar-refractivity contribution in [3.05, 3.63) is 35.5 Å². The average molecular weight is 343 g/mol. The van der Waals surface area contributed by atoms with E-state index >= 15 is 0 Å². The summed E-state index contributed by atoms with van der Waals surface area (Å²) in [5.74, 6) is -0.814. The number of carbonyl (C=O) groups is 2. The Kier molecular flexibility index (Phi) is 3.60. The number of rotatable bonds is 3. The first-order valence-electron chi connectivity index (χ1n) is 8.00. The largest absolute Gasteiger partial charge is 0.481 e. The average Bonchev–Trinajstić information content (AvgIpc) is 3.29. The predicted molar refractivity (Wildman–Crippen MR) is 88.7 cm³/mol. The van der Waals surface area contributed by atoms with Gasteiger partial charge in [-0.05, 0) is 30.9 Å². The monoisotopic (exact) mass is 343 g/mol. The molecule has 3 heterocycles. The lowest BCUT2D eigenvalue weighted by molar-refractivity contribution is -0.149. The second-order valence-electron chi connectivity index (χ2n) is 6.48. The van der Waals surface area contributed by atoms with Crippen LogP contribution in [0.2, 0.25) is 0 Å². The molecule has 6 nitrogen and oxygen atoms in total. The summed E-state index contributed by atoms with van der Waals surface area (Å²) in [6.45, 7) is 0.838. The number of nitrogens with zero attached hydrogens (tertiary/aromatic N) is 3. The fourth-order valence-corrected chi connectivity index (χ4v) is 4.79. The molecule has 1 saturated heterocycles. The van der Waals surface area contributed by atoms with Crippen LogP contribution in [0.5, 0.6) is 0 Å². The summed E-state index contributed by atoms with van der Waals surface area (Å²) in [4.78, 5) is 35.3. The Labute approximate surface area is 143 Å². The Hall–Kier alpha value is -2.28. The van der Waals surface area contributed by atoms with Crippen LogP contribution in [0.15, 0.2) is 30.6 Å². The molecule has 0 aromatic carbocycles. The maximum absolute atomic E-state index is 12.8. The maximum atomic E-state index is 12.8. The normalized spacial score (nSPS) is 25.7. The maximum Gasteiger partial charge on any atom is 0.311 e. The van der Waals surface area contributed by atoms with Crippen LogP contribution in [0.4, 0.5) is 0 Å². The van der Waals surface area contributed by atoms with Crippen molar-refractivity contribution in [1.82, 2.24) is 14.9 Å². The first kappa shape index (κ1) is 15.3. The summed E-state index contributed by atoms with van der Waals surface area (Å²) >= 11 is 1.30. The number of fused-ring (bicyclic) bond motifs is 1. The second-order valence-corrected chi connectivity index (χ2v) is 7.51. The number of carboxylic acids is 1. The smallest absolute Gasteiger partial charge is 0.311 e. The van der Waals surface area contributed by atoms with Crippen molar-refractivity contribution in [1.29, 1.82) is 0 Å². The highest BCUT2D eigenvalue weighted by molar-refractivity contribution is 7.16. The van der Waals surface area contributed by atoms with E-state index < -0.39 is 11.4 Å². The van der Waals surface area contributed by atoms with Crippen LogP contribution in [-0.2, 0) is 4.79 Å². The summed E-state index contributed by atoms with van der Waals surface area (Å²) in [6, 6.07) is 5.56. The lowest BCUT2D eigenvalue weighted by Crippen LogP contribution is -2.37. The zero-order chi connectivity index (χ0) is 16.7. The van der Waals surface area contributed by atoms with Gasteiger partial charge in [-0.2, -0.15) is 0 Å². The van der Waals surface area contributed by atoms with Crippen molar-refractivity contribution >= 4 is 23.2 Å². The van der Waals surface area contributed by atoms with E-state index in [0.717, 1.165) is 18.5 Å². The molecule has 1 amide bonds. The molecule has 24 heavy (non-hydrogen) atoms. The van der Waals surface area contributed by atoms with E-state index in [1.165, 1.54) is 11.3 Å². The number of hydrogen-bond acceptors (Lipinski definition) is 5. The second kappa shape index (κ2) is 5.66. The number of aliphatic carboxylic acids is 1. The minimum absolute atomic E-state index is 0.0714. The van der Waals surface area contributed by atoms with Gasteiger partial charge in [-0.3, -0.25) is 14.6 Å². The molecule has 0 radical (unpaired) electrons. The summed E-state index contributed by atoms with van der Waals surface area (Å²) in [5, 5.41) is 10.3. The molecule has 2 aromatic heterocycles. The van der Waals surface area contributed by atoms with Crippen molar-refractivity contribution in [3.8, 4) is 10.7 Å². The van der Waals surface area contributed by atoms with Gasteiger partial charge in [-0.1, -0.05) is 12.5 Å². The molecule has 0 bridgehead atoms. The first-order valence-corrected chi connectivity index (χ1v) is 8.82. The number of aromatic nitrogens is 2. The highest BCUT2D eigenvalue weighted by atomic mass is 32.1. The lowest BCUT2D eigenvalue weighted by Gasteiger charge is -2.23. The Morgan fingerprint density at radius 1 is 1.33 bits per heavy atom. The third-order valence-corrected chi connectivity index (χ3v) is 6.19. The van der Waals surface area contributed by atoms with Gasteiger partial charge in [0, 0.05) is 19.3 Å². The van der Waals surface area contributed by atoms with Gasteiger partial charge in [0.1, 0.15) is 9.88 Å². The number of carbonyl (C=O) groups excluding carboxylic acids is 1. The SMILES string of the molecule is O=C(c1cnc(-c2ccccn2)s1)N1C[C@@H]2CCC[C@@]2(C(=O)O)C1. The number of likely N-dealkylation sites (tertiary alicyclic amines) is 1. The van der Waals surface area contributed by atoms with Crippen molar-refractivity contribution in [2.45, 2.75) is 19.3 Å². The predicted octanol–water partition coefficient (Wildman–Crippen LogP) is 2.53. The molecular formula is C17H17N3O3S. The Bertz CT molecular complexity index is 791. The van der Waals surface area contributed by atoms with Crippen LogP contribution < -0.4 is 0 Å². The summed E-state index contributed by atoms with van der Waals surface area (Å²) in [6.07, 6.45) is 5.75. The molecule has 1 saturated carbocycles. The van der Waals surface area contributed by atoms with Gasteiger partial charge < -0.3 is 10.0 Å². The highest BCUT2D eigenvalue weighted by Crippen LogP contribution is 2.49. The molecule has 4 rings (SSSR count). The van der Waals surface area contributed by atoms with E-state index in [0.29, 0.717) is 29.4 Å². The zero-order valence-corrected chi connectivity index (χ0v) is 13.8. The number of thiazole rings is 1. The van der Waals surface area contributed by atoms with Crippen LogP contribution in [-0.4, -0.2) is 44.9 Å². The van der Waals surface area contributed by atoms with Gasteiger partial charge in [0.05, 0.1) is 17.3 Å². The van der Waals surface area contributed by atoms with Crippen LogP contribution in [0, 0.1) is 11.3 Å². The van der Waals surface area contributed by atoms with Crippen LogP contribution in [0.1, 0.15) is 28.9 Å². The number of amides is 1. The zero-order valence-electron chi connectivity index (χ0n) is 13.0. The van der Waals surface area contributed by atoms with E-state index in [-0.39, 0.29) is 11.8 Å². The molecule has 0 spiro atoms. The molecule has 124 valence electrons. The van der Waals surface area contributed by atoms with Crippen molar-refractivity contribution in [2.75, 3.05) is 13.1 Å². The fraction of sp³-hybridized carbons (Fsp3) is 0.412. The van der Waals surface area contributed by atoms with Gasteiger partial charge in [-0.15, -0.1) is 11.3 Å². The molecule has 2 aliphatic rings. The lowest BCUT2D eigenvalue weighted by atomic mass is 9.81. The third kappa shape index (κ3) is 2.31. The molecular weight excluding hydrogens is 326 g/mol. The minimum Gasteiger partial charge on any atom is -0.481 e. The topological polar surface area (TPSA) is 83.4 Å². The Morgan fingerprint density at radius 2 is 2.21 bits per heavy atom. The molecule has 7 heteroatoms. The van der Waals surface area contributed by atoms with Gasteiger partial charge in [-0.25, -0.2) is 4.98 Å². The molecule has 1 aliphatic carbocycles. The molecule has 2 aromatic rings. The van der Waals surface area contributed by atoms with Gasteiger partial charge in [0.15, 0.2) is 0 Å². The van der Waals surface area contributed by atoms with E-state index in [2.05, 4.69) is 9.97 Å². The number of carboxylic acid groups (broad SMARTS) is 1. The van der Waals surface area contributed by atoms with Crippen molar-refractivity contribution < 1.29 is 14.7 Å². The van der Waals surface area contributed by atoms with E-state index in [9.17, 15) is 14.7 Å². The van der Waals surface area contributed by atoms with Gasteiger partial charge in [0.25, 0.3) is 5.91 Å². The standard InChI is InChI=1S/C17H17N3O3S/c21-15(13-8-19-14(24-13)12-5-1-2-7-18-12)20-9-11-4-3-6-17(11,10-20)16(22)23/h1-2,5,7-8,11H,3-4,6,9-10H2,(H,22,23)/t11-,17+/m0/s1. The summed E-state index contributed by atoms with van der Waals surface area (Å²) in [7, 11) is 0. The van der Waals surface area contributed by atoms with Crippen molar-refractivity contribution in [2.24, 2.45) is 11.3 Å². The first-order chi connectivity index (χ1) is 11.6. The minimum atomic E-state index is -0.765. The highest BCUT2D eigenvalue weighted by Gasteiger charge is 2.55. The number of pyridine rings is 1. The molecule has 1 N–H and O–H groups in total.